The van der Waals surface area contributed by atoms with Crippen LogP contribution in [0, 0.1) is 5.82 Å². The van der Waals surface area contributed by atoms with Crippen molar-refractivity contribution in [3.63, 3.8) is 0 Å². The Morgan fingerprint density at radius 3 is 2.81 bits per heavy atom. The van der Waals surface area contributed by atoms with Crippen molar-refractivity contribution in [1.29, 1.82) is 0 Å². The van der Waals surface area contributed by atoms with E-state index in [2.05, 4.69) is 19.2 Å². The highest BCUT2D eigenvalue weighted by Crippen LogP contribution is 2.35. The second-order valence-electron chi connectivity index (χ2n) is 8.70. The summed E-state index contributed by atoms with van der Waals surface area (Å²) in [6.07, 6.45) is 5.08. The van der Waals surface area contributed by atoms with Crippen molar-refractivity contribution >= 4 is 40.3 Å². The minimum absolute atomic E-state index is 0.171. The standard InChI is InChI=1S/C25H24FN5O3S2/c26-17-3-2-16(20(13-17)31-6-1-11-35-31)12-19-14-27-24(36-19)22-23(32)25(33)30-15-18(4-5-21(30)28-22)29-7-9-34-10-8-29/h2-5,13-15,32H,1,6-12H2. The quantitative estimate of drug-likeness (QED) is 0.392. The Balaban J connectivity index is 1.31. The predicted octanol–water partition coefficient (Wildman–Crippen LogP) is 3.95. The third-order valence-corrected chi connectivity index (χ3v) is 8.52. The van der Waals surface area contributed by atoms with E-state index < -0.39 is 11.3 Å². The van der Waals surface area contributed by atoms with Crippen LogP contribution in [0.4, 0.5) is 15.8 Å². The van der Waals surface area contributed by atoms with Gasteiger partial charge in [0, 0.05) is 49.1 Å². The number of ether oxygens (including phenoxy) is 1. The van der Waals surface area contributed by atoms with E-state index in [9.17, 15) is 14.3 Å². The van der Waals surface area contributed by atoms with Gasteiger partial charge in [-0.05, 0) is 48.2 Å². The van der Waals surface area contributed by atoms with Crippen LogP contribution in [-0.4, -0.2) is 58.1 Å². The number of fused-ring (bicyclic) bond motifs is 1. The summed E-state index contributed by atoms with van der Waals surface area (Å²) < 4.78 is 22.9. The van der Waals surface area contributed by atoms with E-state index in [0.717, 1.165) is 53.6 Å². The van der Waals surface area contributed by atoms with E-state index in [4.69, 9.17) is 4.74 Å². The van der Waals surface area contributed by atoms with Crippen LogP contribution >= 0.6 is 23.3 Å². The maximum absolute atomic E-state index is 14.0. The first-order chi connectivity index (χ1) is 17.6. The number of benzene rings is 1. The molecule has 1 N–H and O–H groups in total. The van der Waals surface area contributed by atoms with Gasteiger partial charge in [-0.25, -0.2) is 14.4 Å². The number of anilines is 2. The number of aromatic hydroxyl groups is 1. The van der Waals surface area contributed by atoms with Gasteiger partial charge in [0.1, 0.15) is 22.2 Å². The third-order valence-electron chi connectivity index (χ3n) is 6.35. The SMILES string of the molecule is O=c1c(O)c(-c2ncc(Cc3ccc(F)cc3N3CCCS3)s2)nc2ccc(N3CCOCC3)cn12. The van der Waals surface area contributed by atoms with Crippen LogP contribution in [-0.2, 0) is 11.2 Å². The maximum Gasteiger partial charge on any atom is 0.300 e. The molecule has 0 bridgehead atoms. The van der Waals surface area contributed by atoms with Gasteiger partial charge in [-0.3, -0.25) is 9.20 Å². The predicted molar refractivity (Wildman–Crippen MR) is 141 cm³/mol. The van der Waals surface area contributed by atoms with Crippen molar-refractivity contribution in [1.82, 2.24) is 14.4 Å². The Morgan fingerprint density at radius 1 is 1.14 bits per heavy atom. The average Bonchev–Trinajstić information content (AvgIpc) is 3.60. The summed E-state index contributed by atoms with van der Waals surface area (Å²) in [5.74, 6) is 0.342. The smallest absolute Gasteiger partial charge is 0.300 e. The summed E-state index contributed by atoms with van der Waals surface area (Å²) in [6.45, 7) is 3.65. The Hall–Kier alpha value is -3.15. The minimum atomic E-state index is -0.534. The summed E-state index contributed by atoms with van der Waals surface area (Å²) in [7, 11) is 0. The van der Waals surface area contributed by atoms with E-state index >= 15 is 0 Å². The van der Waals surface area contributed by atoms with Crippen LogP contribution in [0.5, 0.6) is 5.75 Å². The largest absolute Gasteiger partial charge is 0.501 e. The zero-order valence-electron chi connectivity index (χ0n) is 19.4. The topological polar surface area (TPSA) is 83.2 Å². The molecule has 3 aromatic heterocycles. The molecule has 2 fully saturated rings. The molecule has 0 spiro atoms. The van der Waals surface area contributed by atoms with Crippen molar-refractivity contribution in [2.24, 2.45) is 0 Å². The van der Waals surface area contributed by atoms with Crippen LogP contribution in [0.25, 0.3) is 16.3 Å². The van der Waals surface area contributed by atoms with E-state index in [1.54, 1.807) is 36.5 Å². The van der Waals surface area contributed by atoms with Gasteiger partial charge in [0.2, 0.25) is 5.75 Å². The number of halogens is 1. The fourth-order valence-corrected chi connectivity index (χ4v) is 6.49. The van der Waals surface area contributed by atoms with Crippen molar-refractivity contribution in [3.8, 4) is 16.5 Å². The lowest BCUT2D eigenvalue weighted by molar-refractivity contribution is 0.122. The van der Waals surface area contributed by atoms with Gasteiger partial charge in [-0.2, -0.15) is 0 Å². The molecular formula is C25H24FN5O3S2. The lowest BCUT2D eigenvalue weighted by Gasteiger charge is -2.28. The molecule has 1 aromatic carbocycles. The van der Waals surface area contributed by atoms with Gasteiger partial charge < -0.3 is 19.0 Å². The number of pyridine rings is 1. The van der Waals surface area contributed by atoms with E-state index in [1.165, 1.54) is 21.8 Å². The summed E-state index contributed by atoms with van der Waals surface area (Å²) in [4.78, 5) is 25.1. The van der Waals surface area contributed by atoms with Gasteiger partial charge in [0.15, 0.2) is 0 Å². The number of nitrogens with zero attached hydrogens (tertiary/aromatic N) is 5. The molecule has 6 rings (SSSR count). The zero-order chi connectivity index (χ0) is 24.6. The van der Waals surface area contributed by atoms with Crippen LogP contribution in [0.2, 0.25) is 0 Å². The highest BCUT2D eigenvalue weighted by atomic mass is 32.2. The molecule has 0 unspecified atom stereocenters. The molecule has 0 saturated carbocycles. The van der Waals surface area contributed by atoms with E-state index in [-0.39, 0.29) is 11.5 Å². The van der Waals surface area contributed by atoms with Crippen molar-refractivity contribution in [2.75, 3.05) is 47.8 Å². The monoisotopic (exact) mass is 525 g/mol. The number of thiazole rings is 1. The fourth-order valence-electron chi connectivity index (χ4n) is 4.52. The molecule has 11 heteroatoms. The summed E-state index contributed by atoms with van der Waals surface area (Å²) in [6, 6.07) is 8.58. The normalized spacial score (nSPS) is 16.2. The molecule has 0 radical (unpaired) electrons. The fraction of sp³-hybridized carbons (Fsp3) is 0.320. The van der Waals surface area contributed by atoms with Gasteiger partial charge >= 0.3 is 5.56 Å². The van der Waals surface area contributed by atoms with Crippen molar-refractivity contribution in [3.05, 3.63) is 69.3 Å². The number of hydrogen-bond donors (Lipinski definition) is 1. The minimum Gasteiger partial charge on any atom is -0.501 e. The lowest BCUT2D eigenvalue weighted by atomic mass is 10.1. The van der Waals surface area contributed by atoms with Gasteiger partial charge in [0.05, 0.1) is 24.6 Å². The molecule has 0 aliphatic carbocycles. The van der Waals surface area contributed by atoms with Crippen molar-refractivity contribution < 1.29 is 14.2 Å². The van der Waals surface area contributed by atoms with E-state index in [0.29, 0.717) is 30.3 Å². The van der Waals surface area contributed by atoms with Gasteiger partial charge in [-0.15, -0.1) is 11.3 Å². The summed E-state index contributed by atoms with van der Waals surface area (Å²) >= 11 is 3.08. The Bertz CT molecular complexity index is 1480. The molecule has 0 atom stereocenters. The second-order valence-corrected chi connectivity index (χ2v) is 10.9. The highest BCUT2D eigenvalue weighted by molar-refractivity contribution is 8.00. The number of rotatable bonds is 5. The van der Waals surface area contributed by atoms with Gasteiger partial charge in [0.25, 0.3) is 0 Å². The molecule has 2 aliphatic rings. The maximum atomic E-state index is 14.0. The molecule has 36 heavy (non-hydrogen) atoms. The zero-order valence-corrected chi connectivity index (χ0v) is 21.0. The highest BCUT2D eigenvalue weighted by Gasteiger charge is 2.21. The first-order valence-electron chi connectivity index (χ1n) is 11.8. The molecular weight excluding hydrogens is 501 g/mol. The molecule has 186 valence electrons. The lowest BCUT2D eigenvalue weighted by Crippen LogP contribution is -2.36. The molecule has 2 saturated heterocycles. The Morgan fingerprint density at radius 2 is 2.00 bits per heavy atom. The van der Waals surface area contributed by atoms with E-state index in [1.807, 2.05) is 12.1 Å². The van der Waals surface area contributed by atoms with Crippen LogP contribution in [0.3, 0.4) is 0 Å². The molecule has 4 aromatic rings. The van der Waals surface area contributed by atoms with Crippen molar-refractivity contribution in [2.45, 2.75) is 12.8 Å². The van der Waals surface area contributed by atoms with Crippen LogP contribution in [0.1, 0.15) is 16.9 Å². The molecule has 0 amide bonds. The molecule has 8 nitrogen and oxygen atoms in total. The number of hydrogen-bond acceptors (Lipinski definition) is 9. The summed E-state index contributed by atoms with van der Waals surface area (Å²) in [5.41, 5.74) is 2.84. The van der Waals surface area contributed by atoms with Gasteiger partial charge in [-0.1, -0.05) is 6.07 Å². The third kappa shape index (κ3) is 4.42. The van der Waals surface area contributed by atoms with Crippen LogP contribution in [0.15, 0.2) is 47.5 Å². The number of aromatic nitrogens is 3. The summed E-state index contributed by atoms with van der Waals surface area (Å²) in [5, 5.41) is 11.2. The first kappa shape index (κ1) is 23.3. The molecule has 5 heterocycles. The Labute approximate surface area is 215 Å². The first-order valence-corrected chi connectivity index (χ1v) is 13.5. The number of morpholine rings is 1. The molecule has 2 aliphatic heterocycles. The second kappa shape index (κ2) is 9.72. The average molecular weight is 526 g/mol. The Kier molecular flexibility index (Phi) is 6.28. The van der Waals surface area contributed by atoms with Crippen LogP contribution < -0.4 is 14.8 Å².